The number of nitrogens with one attached hydrogen (secondary N) is 1. The van der Waals surface area contributed by atoms with Crippen LogP contribution in [0.4, 0.5) is 5.69 Å². The molecule has 3 aromatic rings. The second-order valence-electron chi connectivity index (χ2n) is 6.66. The SMILES string of the molecule is Cc1ccccc1N(CC(=O)OC(C)c1nc2ccccc2c(=O)[nH]1)S(C)(=O)=O. The summed E-state index contributed by atoms with van der Waals surface area (Å²) in [5.41, 5.74) is 1.24. The van der Waals surface area contributed by atoms with E-state index in [1.807, 2.05) is 0 Å². The van der Waals surface area contributed by atoms with Crippen molar-refractivity contribution in [3.63, 3.8) is 0 Å². The molecule has 0 radical (unpaired) electrons. The van der Waals surface area contributed by atoms with Crippen LogP contribution in [0.5, 0.6) is 0 Å². The first-order valence-electron chi connectivity index (χ1n) is 8.88. The number of hydrogen-bond donors (Lipinski definition) is 1. The number of fused-ring (bicyclic) bond motifs is 1. The zero-order valence-corrected chi connectivity index (χ0v) is 17.1. The van der Waals surface area contributed by atoms with Crippen LogP contribution in [0.1, 0.15) is 24.4 Å². The lowest BCUT2D eigenvalue weighted by molar-refractivity contribution is -0.147. The lowest BCUT2D eigenvalue weighted by Gasteiger charge is -2.24. The summed E-state index contributed by atoms with van der Waals surface area (Å²) in [7, 11) is -3.71. The second-order valence-corrected chi connectivity index (χ2v) is 8.56. The van der Waals surface area contributed by atoms with Crippen LogP contribution in [-0.2, 0) is 19.6 Å². The van der Waals surface area contributed by atoms with Crippen molar-refractivity contribution < 1.29 is 17.9 Å². The fourth-order valence-corrected chi connectivity index (χ4v) is 3.83. The predicted octanol–water partition coefficient (Wildman–Crippen LogP) is 2.30. The second kappa shape index (κ2) is 8.04. The van der Waals surface area contributed by atoms with Crippen molar-refractivity contribution in [2.24, 2.45) is 0 Å². The predicted molar refractivity (Wildman–Crippen MR) is 110 cm³/mol. The van der Waals surface area contributed by atoms with E-state index in [-0.39, 0.29) is 11.4 Å². The van der Waals surface area contributed by atoms with Gasteiger partial charge >= 0.3 is 5.97 Å². The Kier molecular flexibility index (Phi) is 5.69. The molecule has 8 nitrogen and oxygen atoms in total. The van der Waals surface area contributed by atoms with Gasteiger partial charge in [-0.15, -0.1) is 0 Å². The van der Waals surface area contributed by atoms with Crippen molar-refractivity contribution >= 4 is 32.6 Å². The molecule has 1 heterocycles. The average molecular weight is 415 g/mol. The number of anilines is 1. The number of hydrogen-bond acceptors (Lipinski definition) is 6. The Hall–Kier alpha value is -3.20. The Morgan fingerprint density at radius 1 is 1.17 bits per heavy atom. The average Bonchev–Trinajstić information content (AvgIpc) is 2.66. The van der Waals surface area contributed by atoms with Crippen molar-refractivity contribution in [1.82, 2.24) is 9.97 Å². The van der Waals surface area contributed by atoms with Crippen LogP contribution in [0.25, 0.3) is 10.9 Å². The number of carbonyl (C=O) groups excluding carboxylic acids is 1. The van der Waals surface area contributed by atoms with E-state index in [0.717, 1.165) is 10.6 Å². The van der Waals surface area contributed by atoms with E-state index in [4.69, 9.17) is 4.74 Å². The van der Waals surface area contributed by atoms with Crippen molar-refractivity contribution in [1.29, 1.82) is 0 Å². The largest absolute Gasteiger partial charge is 0.453 e. The summed E-state index contributed by atoms with van der Waals surface area (Å²) in [4.78, 5) is 31.6. The Labute approximate surface area is 168 Å². The first kappa shape index (κ1) is 20.5. The molecular formula is C20H21N3O5S. The molecule has 152 valence electrons. The standard InChI is InChI=1S/C20H21N3O5S/c1-13-8-4-7-11-17(13)23(29(3,26)27)12-18(24)28-14(2)19-21-16-10-6-5-9-15(16)20(25)22-19/h4-11,14H,12H2,1-3H3,(H,21,22,25). The van der Waals surface area contributed by atoms with Crippen LogP contribution < -0.4 is 9.86 Å². The van der Waals surface area contributed by atoms with Gasteiger partial charge in [0.2, 0.25) is 10.0 Å². The number of H-pyrrole nitrogens is 1. The molecule has 9 heteroatoms. The van der Waals surface area contributed by atoms with Crippen molar-refractivity contribution in [3.05, 3.63) is 70.3 Å². The molecule has 0 spiro atoms. The molecule has 29 heavy (non-hydrogen) atoms. The minimum atomic E-state index is -3.71. The topological polar surface area (TPSA) is 109 Å². The minimum Gasteiger partial charge on any atom is -0.453 e. The van der Waals surface area contributed by atoms with Gasteiger partial charge in [0, 0.05) is 0 Å². The Morgan fingerprint density at radius 3 is 2.52 bits per heavy atom. The van der Waals surface area contributed by atoms with Gasteiger partial charge < -0.3 is 9.72 Å². The Morgan fingerprint density at radius 2 is 1.83 bits per heavy atom. The quantitative estimate of drug-likeness (QED) is 0.619. The highest BCUT2D eigenvalue weighted by Crippen LogP contribution is 2.22. The number of aromatic nitrogens is 2. The van der Waals surface area contributed by atoms with E-state index in [1.165, 1.54) is 0 Å². The van der Waals surface area contributed by atoms with E-state index in [9.17, 15) is 18.0 Å². The van der Waals surface area contributed by atoms with Gasteiger partial charge in [0.05, 0.1) is 22.8 Å². The Balaban J connectivity index is 1.82. The molecule has 0 saturated heterocycles. The normalized spacial score (nSPS) is 12.5. The summed E-state index contributed by atoms with van der Waals surface area (Å²) >= 11 is 0. The van der Waals surface area contributed by atoms with Crippen LogP contribution in [-0.4, -0.2) is 37.2 Å². The maximum Gasteiger partial charge on any atom is 0.327 e. The number of carbonyl (C=O) groups is 1. The van der Waals surface area contributed by atoms with E-state index < -0.39 is 28.6 Å². The van der Waals surface area contributed by atoms with Crippen molar-refractivity contribution in [2.45, 2.75) is 20.0 Å². The molecule has 0 saturated carbocycles. The van der Waals surface area contributed by atoms with Crippen LogP contribution in [0, 0.1) is 6.92 Å². The first-order valence-corrected chi connectivity index (χ1v) is 10.7. The third-order valence-electron chi connectivity index (χ3n) is 4.38. The van der Waals surface area contributed by atoms with Gasteiger partial charge in [0.1, 0.15) is 6.54 Å². The van der Waals surface area contributed by atoms with Crippen LogP contribution in [0.2, 0.25) is 0 Å². The first-order chi connectivity index (χ1) is 13.7. The lowest BCUT2D eigenvalue weighted by atomic mass is 10.2. The molecule has 0 aliphatic rings. The number of sulfonamides is 1. The lowest BCUT2D eigenvalue weighted by Crippen LogP contribution is -2.36. The monoisotopic (exact) mass is 415 g/mol. The summed E-state index contributed by atoms with van der Waals surface area (Å²) in [5, 5.41) is 0.428. The number of ether oxygens (including phenoxy) is 1. The highest BCUT2D eigenvalue weighted by atomic mass is 32.2. The van der Waals surface area contributed by atoms with Gasteiger partial charge in [0.15, 0.2) is 11.9 Å². The van der Waals surface area contributed by atoms with Gasteiger partial charge in [-0.2, -0.15) is 0 Å². The van der Waals surface area contributed by atoms with E-state index in [1.54, 1.807) is 62.4 Å². The molecule has 3 rings (SSSR count). The minimum absolute atomic E-state index is 0.184. The molecule has 1 atom stereocenters. The van der Waals surface area contributed by atoms with Gasteiger partial charge in [-0.3, -0.25) is 13.9 Å². The molecule has 0 aliphatic heterocycles. The van der Waals surface area contributed by atoms with Crippen LogP contribution in [0.3, 0.4) is 0 Å². The Bertz CT molecular complexity index is 1220. The number of rotatable bonds is 6. The summed E-state index contributed by atoms with van der Waals surface area (Å²) in [6.07, 6.45) is 0.163. The van der Waals surface area contributed by atoms with Gasteiger partial charge in [-0.25, -0.2) is 13.4 Å². The summed E-state index contributed by atoms with van der Waals surface area (Å²) < 4.78 is 30.8. The molecule has 0 fully saturated rings. The van der Waals surface area contributed by atoms with Gasteiger partial charge in [-0.05, 0) is 37.6 Å². The fraction of sp³-hybridized carbons (Fsp3) is 0.250. The highest BCUT2D eigenvalue weighted by Gasteiger charge is 2.24. The summed E-state index contributed by atoms with van der Waals surface area (Å²) in [6, 6.07) is 13.7. The fourth-order valence-electron chi connectivity index (χ4n) is 2.93. The van der Waals surface area contributed by atoms with Gasteiger partial charge in [0.25, 0.3) is 5.56 Å². The van der Waals surface area contributed by atoms with Crippen molar-refractivity contribution in [3.8, 4) is 0 Å². The number of nitrogens with zero attached hydrogens (tertiary/aromatic N) is 2. The molecule has 1 unspecified atom stereocenters. The summed E-state index contributed by atoms with van der Waals surface area (Å²) in [6.45, 7) is 2.82. The number of benzene rings is 2. The maximum atomic E-state index is 12.5. The van der Waals surface area contributed by atoms with E-state index in [0.29, 0.717) is 22.2 Å². The molecule has 1 aromatic heterocycles. The summed E-state index contributed by atoms with van der Waals surface area (Å²) in [5.74, 6) is -0.578. The maximum absolute atomic E-state index is 12.5. The zero-order valence-electron chi connectivity index (χ0n) is 16.2. The zero-order chi connectivity index (χ0) is 21.2. The van der Waals surface area contributed by atoms with Crippen molar-refractivity contribution in [2.75, 3.05) is 17.1 Å². The molecule has 2 aromatic carbocycles. The number of aromatic amines is 1. The van der Waals surface area contributed by atoms with Crippen LogP contribution in [0.15, 0.2) is 53.3 Å². The van der Waals surface area contributed by atoms with E-state index >= 15 is 0 Å². The molecule has 0 bridgehead atoms. The smallest absolute Gasteiger partial charge is 0.327 e. The molecule has 0 amide bonds. The third kappa shape index (κ3) is 4.62. The molecule has 0 aliphatic carbocycles. The number of esters is 1. The van der Waals surface area contributed by atoms with Gasteiger partial charge in [-0.1, -0.05) is 30.3 Å². The number of aryl methyl sites for hydroxylation is 1. The van der Waals surface area contributed by atoms with E-state index in [2.05, 4.69) is 9.97 Å². The molecule has 1 N–H and O–H groups in total. The highest BCUT2D eigenvalue weighted by molar-refractivity contribution is 7.92. The van der Waals surface area contributed by atoms with Crippen LogP contribution >= 0.6 is 0 Å². The number of para-hydroxylation sites is 2. The third-order valence-corrected chi connectivity index (χ3v) is 5.51. The molecular weight excluding hydrogens is 394 g/mol.